The minimum atomic E-state index is -0.178. The molecule has 0 saturated carbocycles. The minimum absolute atomic E-state index is 0.0203. The topological polar surface area (TPSA) is 44.1 Å². The molecule has 0 spiro atoms. The molecule has 0 N–H and O–H groups in total. The predicted molar refractivity (Wildman–Crippen MR) is 106 cm³/mol. The molecule has 0 unspecified atom stereocenters. The largest absolute Gasteiger partial charge is 0.337 e. The summed E-state index contributed by atoms with van der Waals surface area (Å²) in [5.41, 5.74) is 2.34. The fourth-order valence-electron chi connectivity index (χ4n) is 3.10. The summed E-state index contributed by atoms with van der Waals surface area (Å²) in [7, 11) is 0. The van der Waals surface area contributed by atoms with Crippen molar-refractivity contribution >= 4 is 5.91 Å². The van der Waals surface area contributed by atoms with E-state index < -0.39 is 0 Å². The van der Waals surface area contributed by atoms with Crippen molar-refractivity contribution in [2.45, 2.75) is 26.2 Å². The third-order valence-electron chi connectivity index (χ3n) is 4.71. The highest BCUT2D eigenvalue weighted by Crippen LogP contribution is 2.26. The van der Waals surface area contributed by atoms with Crippen LogP contribution in [0, 0.1) is 17.2 Å². The van der Waals surface area contributed by atoms with E-state index >= 15 is 0 Å². The average Bonchev–Trinajstić information content (AvgIpc) is 3.16. The van der Waals surface area contributed by atoms with Crippen molar-refractivity contribution in [2.24, 2.45) is 5.92 Å². The van der Waals surface area contributed by atoms with E-state index in [1.807, 2.05) is 68.5 Å². The number of rotatable bonds is 6. The van der Waals surface area contributed by atoms with Gasteiger partial charge in [-0.2, -0.15) is 5.26 Å². The Labute approximate surface area is 156 Å². The highest BCUT2D eigenvalue weighted by atomic mass is 16.2. The molecule has 1 aliphatic rings. The predicted octanol–water partition coefficient (Wildman–Crippen LogP) is 4.78. The van der Waals surface area contributed by atoms with Crippen LogP contribution in [0.2, 0.25) is 0 Å². The Bertz CT molecular complexity index is 765. The van der Waals surface area contributed by atoms with E-state index in [9.17, 15) is 10.1 Å². The molecule has 1 heterocycles. The summed E-state index contributed by atoms with van der Waals surface area (Å²) < 4.78 is 0. The van der Waals surface area contributed by atoms with E-state index in [-0.39, 0.29) is 23.3 Å². The summed E-state index contributed by atoms with van der Waals surface area (Å²) in [5, 5.41) is 9.47. The first-order valence-corrected chi connectivity index (χ1v) is 9.01. The Morgan fingerprint density at radius 1 is 1.35 bits per heavy atom. The molecule has 2 atom stereocenters. The Morgan fingerprint density at radius 3 is 2.73 bits per heavy atom. The summed E-state index contributed by atoms with van der Waals surface area (Å²) in [6.07, 6.45) is 10.5. The van der Waals surface area contributed by atoms with Crippen LogP contribution in [0.4, 0.5) is 0 Å². The van der Waals surface area contributed by atoms with Gasteiger partial charge in [-0.25, -0.2) is 0 Å². The van der Waals surface area contributed by atoms with E-state index in [1.54, 1.807) is 11.0 Å². The van der Waals surface area contributed by atoms with Gasteiger partial charge in [-0.15, -0.1) is 0 Å². The van der Waals surface area contributed by atoms with Crippen LogP contribution >= 0.6 is 0 Å². The molecule has 3 heteroatoms. The monoisotopic (exact) mass is 346 g/mol. The number of hydrogen-bond acceptors (Lipinski definition) is 2. The standard InChI is InChI=1S/C23H26N2O/c1-4-5-7-10-18(2)21-13-14-25(17-21)23(26)22(16-24)15-19(3)20-11-8-6-9-12-20/h4-12,15,19,21H,2,13-14,17H2,1,3H3/b5-4-,10-7-,22-15+/t19-,21+/m1/s1. The maximum absolute atomic E-state index is 12.7. The lowest BCUT2D eigenvalue weighted by Crippen LogP contribution is -2.30. The summed E-state index contributed by atoms with van der Waals surface area (Å²) in [5.74, 6) is 0.0990. The normalized spacial score (nSPS) is 19.0. The highest BCUT2D eigenvalue weighted by Gasteiger charge is 2.29. The number of hydrogen-bond donors (Lipinski definition) is 0. The molecule has 3 nitrogen and oxygen atoms in total. The van der Waals surface area contributed by atoms with E-state index in [0.717, 1.165) is 17.6 Å². The number of benzene rings is 1. The SMILES string of the molecule is C=C(/C=C\C=C/C)[C@H]1CCN(C(=O)/C(C#N)=C/[C@@H](C)c2ccccc2)C1. The first-order valence-electron chi connectivity index (χ1n) is 9.01. The molecule has 1 amide bonds. The number of nitrogens with zero attached hydrogens (tertiary/aromatic N) is 2. The molecule has 134 valence electrons. The lowest BCUT2D eigenvalue weighted by Gasteiger charge is -2.17. The summed E-state index contributed by atoms with van der Waals surface area (Å²) in [6.45, 7) is 9.37. The zero-order valence-electron chi connectivity index (χ0n) is 15.6. The van der Waals surface area contributed by atoms with Crippen molar-refractivity contribution in [2.75, 3.05) is 13.1 Å². The summed E-state index contributed by atoms with van der Waals surface area (Å²) >= 11 is 0. The van der Waals surface area contributed by atoms with Gasteiger partial charge in [0.25, 0.3) is 5.91 Å². The molecule has 0 radical (unpaired) electrons. The molecule has 1 fully saturated rings. The fraction of sp³-hybridized carbons (Fsp3) is 0.304. The summed E-state index contributed by atoms with van der Waals surface area (Å²) in [4.78, 5) is 14.5. The zero-order chi connectivity index (χ0) is 18.9. The van der Waals surface area contributed by atoms with E-state index in [0.29, 0.717) is 13.1 Å². The molecule has 2 rings (SSSR count). The van der Waals surface area contributed by atoms with E-state index in [4.69, 9.17) is 0 Å². The van der Waals surface area contributed by atoms with Crippen LogP contribution in [-0.4, -0.2) is 23.9 Å². The van der Waals surface area contributed by atoms with Crippen LogP contribution in [0.15, 0.2) is 78.4 Å². The zero-order valence-corrected chi connectivity index (χ0v) is 15.6. The minimum Gasteiger partial charge on any atom is -0.337 e. The van der Waals surface area contributed by atoms with Gasteiger partial charge in [0.2, 0.25) is 0 Å². The van der Waals surface area contributed by atoms with Gasteiger partial charge >= 0.3 is 0 Å². The third-order valence-corrected chi connectivity index (χ3v) is 4.71. The van der Waals surface area contributed by atoms with Gasteiger partial charge in [0, 0.05) is 24.9 Å². The molecule has 0 aliphatic carbocycles. The molecular formula is C23H26N2O. The van der Waals surface area contributed by atoms with Crippen molar-refractivity contribution in [3.63, 3.8) is 0 Å². The second-order valence-electron chi connectivity index (χ2n) is 6.59. The molecular weight excluding hydrogens is 320 g/mol. The van der Waals surface area contributed by atoms with Gasteiger partial charge in [-0.3, -0.25) is 4.79 Å². The van der Waals surface area contributed by atoms with Crippen LogP contribution in [0.1, 0.15) is 31.7 Å². The Hall–Kier alpha value is -2.86. The van der Waals surface area contributed by atoms with Crippen molar-refractivity contribution < 1.29 is 4.79 Å². The lowest BCUT2D eigenvalue weighted by atomic mass is 9.98. The van der Waals surface area contributed by atoms with Crippen LogP contribution in [0.25, 0.3) is 0 Å². The highest BCUT2D eigenvalue weighted by molar-refractivity contribution is 5.97. The second kappa shape index (κ2) is 9.58. The summed E-state index contributed by atoms with van der Waals surface area (Å²) in [6, 6.07) is 12.0. The molecule has 1 aromatic carbocycles. The maximum Gasteiger partial charge on any atom is 0.264 e. The molecule has 1 saturated heterocycles. The number of carbonyl (C=O) groups is 1. The van der Waals surface area contributed by atoms with Gasteiger partial charge in [0.05, 0.1) is 0 Å². The van der Waals surface area contributed by atoms with Crippen LogP contribution in [-0.2, 0) is 4.79 Å². The Balaban J connectivity index is 2.04. The van der Waals surface area contributed by atoms with Gasteiger partial charge < -0.3 is 4.90 Å². The van der Waals surface area contributed by atoms with E-state index in [2.05, 4.69) is 12.6 Å². The van der Waals surface area contributed by atoms with Gasteiger partial charge in [0.15, 0.2) is 0 Å². The number of amides is 1. The lowest BCUT2D eigenvalue weighted by molar-refractivity contribution is -0.125. The third kappa shape index (κ3) is 5.07. The Kier molecular flexibility index (Phi) is 7.17. The molecule has 0 bridgehead atoms. The Morgan fingerprint density at radius 2 is 2.08 bits per heavy atom. The molecule has 1 aliphatic heterocycles. The van der Waals surface area contributed by atoms with Crippen LogP contribution in [0.5, 0.6) is 0 Å². The molecule has 1 aromatic rings. The van der Waals surface area contributed by atoms with Crippen LogP contribution < -0.4 is 0 Å². The molecule has 0 aromatic heterocycles. The number of allylic oxidation sites excluding steroid dienone is 5. The number of carbonyl (C=O) groups excluding carboxylic acids is 1. The second-order valence-corrected chi connectivity index (χ2v) is 6.59. The van der Waals surface area contributed by atoms with Crippen molar-refractivity contribution in [3.05, 3.63) is 84.0 Å². The van der Waals surface area contributed by atoms with E-state index in [1.165, 1.54) is 0 Å². The first-order chi connectivity index (χ1) is 12.6. The van der Waals surface area contributed by atoms with Crippen LogP contribution in [0.3, 0.4) is 0 Å². The first kappa shape index (κ1) is 19.5. The molecule has 26 heavy (non-hydrogen) atoms. The smallest absolute Gasteiger partial charge is 0.264 e. The van der Waals surface area contributed by atoms with Crippen molar-refractivity contribution in [3.8, 4) is 6.07 Å². The number of nitriles is 1. The maximum atomic E-state index is 12.7. The van der Waals surface area contributed by atoms with Gasteiger partial charge in [-0.05, 0) is 18.9 Å². The number of likely N-dealkylation sites (tertiary alicyclic amines) is 1. The van der Waals surface area contributed by atoms with Gasteiger partial charge in [0.1, 0.15) is 11.6 Å². The van der Waals surface area contributed by atoms with Crippen molar-refractivity contribution in [1.82, 2.24) is 4.90 Å². The quantitative estimate of drug-likeness (QED) is 0.423. The van der Waals surface area contributed by atoms with Crippen molar-refractivity contribution in [1.29, 1.82) is 5.26 Å². The average molecular weight is 346 g/mol. The van der Waals surface area contributed by atoms with Gasteiger partial charge in [-0.1, -0.05) is 79.8 Å². The fourth-order valence-corrected chi connectivity index (χ4v) is 3.10.